The van der Waals surface area contributed by atoms with Crippen molar-refractivity contribution in [1.29, 1.82) is 0 Å². The maximum atomic E-state index is 11.4. The predicted molar refractivity (Wildman–Crippen MR) is 58.7 cm³/mol. The van der Waals surface area contributed by atoms with Gasteiger partial charge in [0.25, 0.3) is 0 Å². The Morgan fingerprint density at radius 2 is 2.07 bits per heavy atom. The second kappa shape index (κ2) is 5.19. The highest BCUT2D eigenvalue weighted by Gasteiger charge is 2.20. The fraction of sp³-hybridized carbons (Fsp3) is 0.750. The van der Waals surface area contributed by atoms with Gasteiger partial charge in [-0.05, 0) is 52.5 Å². The van der Waals surface area contributed by atoms with Crippen LogP contribution in [0.3, 0.4) is 0 Å². The summed E-state index contributed by atoms with van der Waals surface area (Å²) < 4.78 is 10.3. The molecule has 0 saturated heterocycles. The molecule has 15 heavy (non-hydrogen) atoms. The minimum atomic E-state index is -0.570. The Morgan fingerprint density at radius 3 is 2.73 bits per heavy atom. The first-order chi connectivity index (χ1) is 6.97. The van der Waals surface area contributed by atoms with Crippen molar-refractivity contribution in [2.75, 3.05) is 0 Å². The zero-order valence-electron chi connectivity index (χ0n) is 9.79. The highest BCUT2D eigenvalue weighted by molar-refractivity contribution is 5.61. The predicted octanol–water partition coefficient (Wildman–Crippen LogP) is 3.44. The normalized spacial score (nSPS) is 21.9. The summed E-state index contributed by atoms with van der Waals surface area (Å²) in [6, 6.07) is 0. The molecular weight excluding hydrogens is 192 g/mol. The first kappa shape index (κ1) is 12.1. The SMILES string of the molecule is CC(C)(C)OC(=O)OC1C=CCCCC1. The van der Waals surface area contributed by atoms with Gasteiger partial charge in [0.15, 0.2) is 0 Å². The molecule has 1 aliphatic rings. The summed E-state index contributed by atoms with van der Waals surface area (Å²) in [5.41, 5.74) is -0.481. The Kier molecular flexibility index (Phi) is 4.18. The van der Waals surface area contributed by atoms with Crippen molar-refractivity contribution in [2.24, 2.45) is 0 Å². The van der Waals surface area contributed by atoms with Crippen LogP contribution in [-0.4, -0.2) is 17.9 Å². The van der Waals surface area contributed by atoms with Crippen LogP contribution in [-0.2, 0) is 9.47 Å². The van der Waals surface area contributed by atoms with Gasteiger partial charge in [-0.1, -0.05) is 6.08 Å². The standard InChI is InChI=1S/C12H20O3/c1-12(2,3)15-11(13)14-10-8-6-4-5-7-9-10/h6,8,10H,4-5,7,9H2,1-3H3. The number of rotatable bonds is 1. The quantitative estimate of drug-likeness (QED) is 0.493. The fourth-order valence-corrected chi connectivity index (χ4v) is 1.45. The number of carbonyl (C=O) groups is 1. The molecule has 1 aliphatic carbocycles. The highest BCUT2D eigenvalue weighted by Crippen LogP contribution is 2.16. The van der Waals surface area contributed by atoms with Crippen molar-refractivity contribution >= 4 is 6.16 Å². The average molecular weight is 212 g/mol. The van der Waals surface area contributed by atoms with E-state index in [1.807, 2.05) is 26.8 Å². The second-order valence-electron chi connectivity index (χ2n) is 4.83. The van der Waals surface area contributed by atoms with Gasteiger partial charge >= 0.3 is 6.16 Å². The third-order valence-corrected chi connectivity index (χ3v) is 2.10. The van der Waals surface area contributed by atoms with E-state index >= 15 is 0 Å². The number of hydrogen-bond acceptors (Lipinski definition) is 3. The van der Waals surface area contributed by atoms with Gasteiger partial charge in [-0.3, -0.25) is 0 Å². The van der Waals surface area contributed by atoms with Crippen LogP contribution in [0.15, 0.2) is 12.2 Å². The summed E-state index contributed by atoms with van der Waals surface area (Å²) in [5, 5.41) is 0. The zero-order valence-corrected chi connectivity index (χ0v) is 9.79. The smallest absolute Gasteiger partial charge is 0.429 e. The molecule has 0 saturated carbocycles. The van der Waals surface area contributed by atoms with Crippen molar-refractivity contribution in [3.63, 3.8) is 0 Å². The molecule has 0 fully saturated rings. The molecule has 0 aromatic heterocycles. The van der Waals surface area contributed by atoms with Crippen LogP contribution in [0, 0.1) is 0 Å². The molecule has 3 heteroatoms. The minimum Gasteiger partial charge on any atom is -0.429 e. The summed E-state index contributed by atoms with van der Waals surface area (Å²) in [6.45, 7) is 5.49. The monoisotopic (exact) mass is 212 g/mol. The topological polar surface area (TPSA) is 35.5 Å². The fourth-order valence-electron chi connectivity index (χ4n) is 1.45. The molecule has 1 unspecified atom stereocenters. The lowest BCUT2D eigenvalue weighted by Gasteiger charge is -2.21. The van der Waals surface area contributed by atoms with Crippen molar-refractivity contribution in [3.05, 3.63) is 12.2 Å². The Labute approximate surface area is 91.4 Å². The van der Waals surface area contributed by atoms with Gasteiger partial charge in [-0.2, -0.15) is 0 Å². The molecule has 0 radical (unpaired) electrons. The van der Waals surface area contributed by atoms with Crippen molar-refractivity contribution in [3.8, 4) is 0 Å². The van der Waals surface area contributed by atoms with E-state index in [4.69, 9.17) is 9.47 Å². The number of ether oxygens (including phenoxy) is 2. The summed E-state index contributed by atoms with van der Waals surface area (Å²) in [7, 11) is 0. The molecular formula is C12H20O3. The van der Waals surface area contributed by atoms with Crippen LogP contribution in [0.5, 0.6) is 0 Å². The molecule has 0 aromatic carbocycles. The largest absolute Gasteiger partial charge is 0.509 e. The summed E-state index contributed by atoms with van der Waals surface area (Å²) in [6.07, 6.45) is 7.59. The Morgan fingerprint density at radius 1 is 1.33 bits per heavy atom. The van der Waals surface area contributed by atoms with Crippen LogP contribution < -0.4 is 0 Å². The van der Waals surface area contributed by atoms with Gasteiger partial charge in [0, 0.05) is 0 Å². The third-order valence-electron chi connectivity index (χ3n) is 2.10. The maximum absolute atomic E-state index is 11.4. The summed E-state index contributed by atoms with van der Waals surface area (Å²) in [5.74, 6) is 0. The van der Waals surface area contributed by atoms with Crippen LogP contribution >= 0.6 is 0 Å². The maximum Gasteiger partial charge on any atom is 0.509 e. The van der Waals surface area contributed by atoms with E-state index < -0.39 is 11.8 Å². The summed E-state index contributed by atoms with van der Waals surface area (Å²) in [4.78, 5) is 11.4. The molecule has 0 heterocycles. The Balaban J connectivity index is 2.36. The molecule has 0 amide bonds. The average Bonchev–Trinajstić information content (AvgIpc) is 2.28. The van der Waals surface area contributed by atoms with Crippen LogP contribution in [0.1, 0.15) is 46.5 Å². The molecule has 0 aliphatic heterocycles. The molecule has 3 nitrogen and oxygen atoms in total. The number of hydrogen-bond donors (Lipinski definition) is 0. The number of carbonyl (C=O) groups excluding carboxylic acids is 1. The van der Waals surface area contributed by atoms with Gasteiger partial charge in [0.1, 0.15) is 11.7 Å². The molecule has 1 rings (SSSR count). The van der Waals surface area contributed by atoms with Gasteiger partial charge in [0.05, 0.1) is 0 Å². The minimum absolute atomic E-state index is 0.109. The molecule has 86 valence electrons. The van der Waals surface area contributed by atoms with Crippen LogP contribution in [0.2, 0.25) is 0 Å². The molecule has 1 atom stereocenters. The van der Waals surface area contributed by atoms with Crippen molar-refractivity contribution in [2.45, 2.75) is 58.2 Å². The van der Waals surface area contributed by atoms with Crippen molar-refractivity contribution in [1.82, 2.24) is 0 Å². The van der Waals surface area contributed by atoms with Crippen molar-refractivity contribution < 1.29 is 14.3 Å². The van der Waals surface area contributed by atoms with Gasteiger partial charge in [0.2, 0.25) is 0 Å². The van der Waals surface area contributed by atoms with Gasteiger partial charge < -0.3 is 9.47 Å². The van der Waals surface area contributed by atoms with Crippen LogP contribution in [0.4, 0.5) is 4.79 Å². The van der Waals surface area contributed by atoms with E-state index in [-0.39, 0.29) is 6.10 Å². The van der Waals surface area contributed by atoms with E-state index in [1.54, 1.807) is 0 Å². The van der Waals surface area contributed by atoms with E-state index in [0.717, 1.165) is 19.3 Å². The molecule has 0 bridgehead atoms. The first-order valence-corrected chi connectivity index (χ1v) is 5.54. The Hall–Kier alpha value is -0.990. The van der Waals surface area contributed by atoms with Gasteiger partial charge in [-0.25, -0.2) is 4.79 Å². The lowest BCUT2D eigenvalue weighted by atomic mass is 10.2. The molecule has 0 spiro atoms. The van der Waals surface area contributed by atoms with Gasteiger partial charge in [-0.15, -0.1) is 0 Å². The Bertz CT molecular complexity index is 238. The third kappa shape index (κ3) is 5.45. The molecule has 0 aromatic rings. The number of allylic oxidation sites excluding steroid dienone is 1. The van der Waals surface area contributed by atoms with E-state index in [2.05, 4.69) is 6.08 Å². The zero-order chi connectivity index (χ0) is 11.3. The van der Waals surface area contributed by atoms with E-state index in [0.29, 0.717) is 0 Å². The lowest BCUT2D eigenvalue weighted by molar-refractivity contribution is -0.0195. The lowest BCUT2D eigenvalue weighted by Crippen LogP contribution is -2.27. The van der Waals surface area contributed by atoms with E-state index in [1.165, 1.54) is 6.42 Å². The van der Waals surface area contributed by atoms with E-state index in [9.17, 15) is 4.79 Å². The highest BCUT2D eigenvalue weighted by atomic mass is 16.7. The van der Waals surface area contributed by atoms with Crippen LogP contribution in [0.25, 0.3) is 0 Å². The first-order valence-electron chi connectivity index (χ1n) is 5.54. The second-order valence-corrected chi connectivity index (χ2v) is 4.83. The molecule has 0 N–H and O–H groups in total. The summed E-state index contributed by atoms with van der Waals surface area (Å²) >= 11 is 0.